The number of hydrogen-bond donors (Lipinski definition) is 2. The van der Waals surface area contributed by atoms with Crippen LogP contribution in [0.5, 0.6) is 5.75 Å². The molecule has 1 aliphatic rings. The third-order valence-corrected chi connectivity index (χ3v) is 3.84. The van der Waals surface area contributed by atoms with Crippen LogP contribution in [-0.4, -0.2) is 28.6 Å². The molecule has 2 N–H and O–H groups in total. The monoisotopic (exact) mass is 335 g/mol. The largest absolute Gasteiger partial charge is 0.483 e. The van der Waals surface area contributed by atoms with Crippen LogP contribution in [-0.2, 0) is 17.8 Å². The summed E-state index contributed by atoms with van der Waals surface area (Å²) in [4.78, 5) is 23.3. The number of rotatable bonds is 4. The Morgan fingerprint density at radius 1 is 1.33 bits per heavy atom. The SMILES string of the molecule is O=C(NCc1ccc(=O)[nH]n1)[C@@H]1Cc2ccccc2O[C@H]1C(F)F. The lowest BCUT2D eigenvalue weighted by Crippen LogP contribution is -2.47. The number of halogens is 2. The van der Waals surface area contributed by atoms with Crippen LogP contribution < -0.4 is 15.6 Å². The van der Waals surface area contributed by atoms with Crippen molar-refractivity contribution < 1.29 is 18.3 Å². The molecule has 0 bridgehead atoms. The molecule has 0 fully saturated rings. The lowest BCUT2D eigenvalue weighted by molar-refractivity contribution is -0.133. The second-order valence-electron chi connectivity index (χ2n) is 5.47. The second-order valence-corrected chi connectivity index (χ2v) is 5.47. The zero-order valence-corrected chi connectivity index (χ0v) is 12.5. The van der Waals surface area contributed by atoms with E-state index in [0.717, 1.165) is 5.56 Å². The van der Waals surface area contributed by atoms with Crippen molar-refractivity contribution in [3.05, 3.63) is 58.0 Å². The van der Waals surface area contributed by atoms with Gasteiger partial charge >= 0.3 is 0 Å². The first-order valence-electron chi connectivity index (χ1n) is 7.39. The van der Waals surface area contributed by atoms with E-state index in [0.29, 0.717) is 11.4 Å². The standard InChI is InChI=1S/C16H15F2N3O3/c17-15(18)14-11(7-9-3-1-2-4-12(9)24-14)16(23)19-8-10-5-6-13(22)21-20-10/h1-6,11,14-15H,7-8H2,(H,19,23)(H,21,22)/t11-,14-/m1/s1. The molecular formula is C16H15F2N3O3. The highest BCUT2D eigenvalue weighted by atomic mass is 19.3. The number of aromatic amines is 1. The molecule has 0 spiro atoms. The molecule has 1 aromatic carbocycles. The van der Waals surface area contributed by atoms with E-state index in [4.69, 9.17) is 4.74 Å². The van der Waals surface area contributed by atoms with E-state index in [1.165, 1.54) is 12.1 Å². The molecule has 126 valence electrons. The van der Waals surface area contributed by atoms with Crippen molar-refractivity contribution in [2.75, 3.05) is 0 Å². The number of ether oxygens (including phenoxy) is 1. The maximum Gasteiger partial charge on any atom is 0.275 e. The molecule has 2 aromatic rings. The Morgan fingerprint density at radius 3 is 2.83 bits per heavy atom. The summed E-state index contributed by atoms with van der Waals surface area (Å²) in [6.45, 7) is 0.0315. The van der Waals surface area contributed by atoms with Crippen molar-refractivity contribution in [2.45, 2.75) is 25.5 Å². The van der Waals surface area contributed by atoms with Gasteiger partial charge in [-0.15, -0.1) is 0 Å². The molecule has 0 saturated carbocycles. The van der Waals surface area contributed by atoms with Crippen molar-refractivity contribution in [1.82, 2.24) is 15.5 Å². The molecule has 0 radical (unpaired) electrons. The first-order chi connectivity index (χ1) is 11.5. The van der Waals surface area contributed by atoms with E-state index in [9.17, 15) is 18.4 Å². The normalized spacial score (nSPS) is 19.5. The zero-order valence-electron chi connectivity index (χ0n) is 12.5. The van der Waals surface area contributed by atoms with Crippen LogP contribution in [0.25, 0.3) is 0 Å². The Balaban J connectivity index is 1.72. The van der Waals surface area contributed by atoms with E-state index in [2.05, 4.69) is 15.5 Å². The van der Waals surface area contributed by atoms with Crippen molar-refractivity contribution in [2.24, 2.45) is 5.92 Å². The minimum Gasteiger partial charge on any atom is -0.483 e. The predicted octanol–water partition coefficient (Wildman–Crippen LogP) is 1.27. The van der Waals surface area contributed by atoms with Gasteiger partial charge in [0.2, 0.25) is 5.91 Å². The number of carbonyl (C=O) groups is 1. The average molecular weight is 335 g/mol. The summed E-state index contributed by atoms with van der Waals surface area (Å²) in [7, 11) is 0. The number of nitrogens with zero attached hydrogens (tertiary/aromatic N) is 1. The quantitative estimate of drug-likeness (QED) is 0.881. The molecule has 1 aliphatic heterocycles. The summed E-state index contributed by atoms with van der Waals surface area (Å²) in [5, 5.41) is 8.56. The molecule has 2 heterocycles. The first-order valence-corrected chi connectivity index (χ1v) is 7.39. The minimum atomic E-state index is -2.78. The van der Waals surface area contributed by atoms with E-state index in [1.54, 1.807) is 24.3 Å². The molecule has 8 heteroatoms. The number of nitrogens with one attached hydrogen (secondary N) is 2. The fraction of sp³-hybridized carbons (Fsp3) is 0.312. The Morgan fingerprint density at radius 2 is 2.12 bits per heavy atom. The first kappa shape index (κ1) is 16.1. The highest BCUT2D eigenvalue weighted by molar-refractivity contribution is 5.80. The highest BCUT2D eigenvalue weighted by Crippen LogP contribution is 2.33. The van der Waals surface area contributed by atoms with Gasteiger partial charge in [-0.1, -0.05) is 18.2 Å². The summed E-state index contributed by atoms with van der Waals surface area (Å²) in [5.41, 5.74) is 0.783. The van der Waals surface area contributed by atoms with Gasteiger partial charge in [0.15, 0.2) is 6.10 Å². The molecule has 3 rings (SSSR count). The van der Waals surface area contributed by atoms with Crippen LogP contribution in [0.2, 0.25) is 0 Å². The minimum absolute atomic E-state index is 0.0315. The van der Waals surface area contributed by atoms with Crippen molar-refractivity contribution in [3.8, 4) is 5.75 Å². The molecule has 0 aliphatic carbocycles. The summed E-state index contributed by atoms with van der Waals surface area (Å²) in [6, 6.07) is 9.56. The molecule has 0 unspecified atom stereocenters. The van der Waals surface area contributed by atoms with Gasteiger partial charge in [-0.3, -0.25) is 9.59 Å². The smallest absolute Gasteiger partial charge is 0.275 e. The number of carbonyl (C=O) groups excluding carboxylic acids is 1. The van der Waals surface area contributed by atoms with Crippen LogP contribution in [0, 0.1) is 5.92 Å². The number of alkyl halides is 2. The fourth-order valence-electron chi connectivity index (χ4n) is 2.62. The van der Waals surface area contributed by atoms with Crippen LogP contribution in [0.1, 0.15) is 11.3 Å². The van der Waals surface area contributed by atoms with Gasteiger partial charge < -0.3 is 10.1 Å². The van der Waals surface area contributed by atoms with Crippen LogP contribution in [0.4, 0.5) is 8.78 Å². The van der Waals surface area contributed by atoms with Gasteiger partial charge in [-0.2, -0.15) is 5.10 Å². The molecular weight excluding hydrogens is 320 g/mol. The van der Waals surface area contributed by atoms with Crippen LogP contribution in [0.3, 0.4) is 0 Å². The number of para-hydroxylation sites is 1. The molecule has 1 amide bonds. The highest BCUT2D eigenvalue weighted by Gasteiger charge is 2.40. The number of amides is 1. The lowest BCUT2D eigenvalue weighted by atomic mass is 9.90. The van der Waals surface area contributed by atoms with Gasteiger partial charge in [0.25, 0.3) is 12.0 Å². The molecule has 2 atom stereocenters. The predicted molar refractivity (Wildman–Crippen MR) is 80.8 cm³/mol. The number of hydrogen-bond acceptors (Lipinski definition) is 4. The van der Waals surface area contributed by atoms with Gasteiger partial charge in [0.1, 0.15) is 5.75 Å². The second kappa shape index (κ2) is 6.77. The Hall–Kier alpha value is -2.77. The van der Waals surface area contributed by atoms with Crippen molar-refractivity contribution >= 4 is 5.91 Å². The lowest BCUT2D eigenvalue weighted by Gasteiger charge is -2.32. The summed E-state index contributed by atoms with van der Waals surface area (Å²) >= 11 is 0. The molecule has 0 saturated heterocycles. The summed E-state index contributed by atoms with van der Waals surface area (Å²) in [5.74, 6) is -1.15. The number of aromatic nitrogens is 2. The van der Waals surface area contributed by atoms with Gasteiger partial charge in [-0.05, 0) is 24.1 Å². The number of fused-ring (bicyclic) bond motifs is 1. The van der Waals surface area contributed by atoms with Gasteiger partial charge in [0, 0.05) is 6.07 Å². The molecule has 24 heavy (non-hydrogen) atoms. The average Bonchev–Trinajstić information content (AvgIpc) is 2.59. The third kappa shape index (κ3) is 3.42. The number of H-pyrrole nitrogens is 1. The Bertz CT molecular complexity index is 774. The third-order valence-electron chi connectivity index (χ3n) is 3.84. The molecule has 6 nitrogen and oxygen atoms in total. The molecule has 1 aromatic heterocycles. The van der Waals surface area contributed by atoms with Crippen molar-refractivity contribution in [3.63, 3.8) is 0 Å². The summed E-state index contributed by atoms with van der Waals surface area (Å²) in [6.07, 6.45) is -4.10. The van der Waals surface area contributed by atoms with E-state index < -0.39 is 24.4 Å². The van der Waals surface area contributed by atoms with E-state index in [-0.39, 0.29) is 18.5 Å². The zero-order chi connectivity index (χ0) is 17.1. The van der Waals surface area contributed by atoms with Crippen LogP contribution >= 0.6 is 0 Å². The Kier molecular flexibility index (Phi) is 4.54. The van der Waals surface area contributed by atoms with Crippen LogP contribution in [0.15, 0.2) is 41.2 Å². The topological polar surface area (TPSA) is 84.1 Å². The summed E-state index contributed by atoms with van der Waals surface area (Å²) < 4.78 is 31.9. The Labute approximate surface area is 135 Å². The maximum absolute atomic E-state index is 13.3. The van der Waals surface area contributed by atoms with Gasteiger partial charge in [0.05, 0.1) is 18.2 Å². The number of benzene rings is 1. The van der Waals surface area contributed by atoms with E-state index in [1.807, 2.05) is 0 Å². The maximum atomic E-state index is 13.3. The van der Waals surface area contributed by atoms with Crippen molar-refractivity contribution in [1.29, 1.82) is 0 Å². The fourth-order valence-corrected chi connectivity index (χ4v) is 2.62. The van der Waals surface area contributed by atoms with E-state index >= 15 is 0 Å². The van der Waals surface area contributed by atoms with Gasteiger partial charge in [-0.25, -0.2) is 13.9 Å².